The lowest BCUT2D eigenvalue weighted by atomic mass is 9.74. The lowest BCUT2D eigenvalue weighted by Gasteiger charge is -2.47. The Balaban J connectivity index is 1.40. The smallest absolute Gasteiger partial charge is 0.316 e. The number of non-ortho nitro benzene ring substituents is 1. The number of piperidine rings is 1. The molecule has 0 unspecified atom stereocenters. The number of carbonyl (C=O) groups is 2. The van der Waals surface area contributed by atoms with Crippen LogP contribution in [0, 0.1) is 33.8 Å². The number of rotatable bonds is 13. The van der Waals surface area contributed by atoms with Crippen LogP contribution in [-0.4, -0.2) is 152 Å². The number of ketones is 1. The number of oxime groups is 1. The molecule has 14 atom stereocenters. The van der Waals surface area contributed by atoms with Gasteiger partial charge in [0.05, 0.1) is 46.8 Å². The second-order valence-corrected chi connectivity index (χ2v) is 18.6. The number of likely N-dealkylation sites (N-methyl/N-ethyl adjacent to an activating group) is 1. The Kier molecular flexibility index (Phi) is 17.6. The molecule has 5 rings (SSSR count). The Bertz CT molecular complexity index is 1890. The molecular weight excluding hydrogens is 831 g/mol. The minimum atomic E-state index is -1.92. The summed E-state index contributed by atoms with van der Waals surface area (Å²) in [7, 11) is 3.41. The molecule has 19 nitrogen and oxygen atoms in total. The highest BCUT2D eigenvalue weighted by Gasteiger charge is 2.52. The number of nitro benzene ring substituents is 1. The Morgan fingerprint density at radius 1 is 1.11 bits per heavy atom. The molecule has 64 heavy (non-hydrogen) atoms. The summed E-state index contributed by atoms with van der Waals surface area (Å²) in [5, 5.41) is 63.3. The van der Waals surface area contributed by atoms with Crippen LogP contribution < -0.4 is 5.32 Å². The highest BCUT2D eigenvalue weighted by molar-refractivity contribution is 6.00. The van der Waals surface area contributed by atoms with E-state index < -0.39 is 88.3 Å². The van der Waals surface area contributed by atoms with Crippen molar-refractivity contribution in [3.63, 3.8) is 0 Å². The number of ether oxygens (including phenoxy) is 4. The quantitative estimate of drug-likeness (QED) is 0.0974. The monoisotopic (exact) mass is 902 g/mol. The molecule has 0 amide bonds. The molecule has 0 radical (unpaired) electrons. The summed E-state index contributed by atoms with van der Waals surface area (Å²) < 4.78 is 26.9. The molecule has 4 heterocycles. The number of esters is 1. The topological polar surface area (TPSA) is 242 Å². The van der Waals surface area contributed by atoms with Gasteiger partial charge in [-0.05, 0) is 79.0 Å². The molecular formula is C45H71N7O12. The number of aliphatic hydroxyl groups excluding tert-OH is 2. The van der Waals surface area contributed by atoms with Crippen LogP contribution in [0.3, 0.4) is 0 Å². The molecule has 3 aliphatic heterocycles. The van der Waals surface area contributed by atoms with Crippen LogP contribution >= 0.6 is 0 Å². The number of hydrogen-bond donors (Lipinski definition) is 4. The maximum atomic E-state index is 14.4. The van der Waals surface area contributed by atoms with Crippen LogP contribution in [-0.2, 0) is 46.3 Å². The number of aromatic nitrogens is 3. The maximum Gasteiger partial charge on any atom is 0.316 e. The summed E-state index contributed by atoms with van der Waals surface area (Å²) in [6.45, 7) is 16.0. The van der Waals surface area contributed by atoms with E-state index in [1.54, 1.807) is 44.5 Å². The van der Waals surface area contributed by atoms with Gasteiger partial charge in [-0.25, -0.2) is 4.68 Å². The number of Topliss-reactive ketones (excluding diaryl/α,β-unsaturated/α-hetero) is 1. The van der Waals surface area contributed by atoms with E-state index >= 15 is 0 Å². The van der Waals surface area contributed by atoms with Gasteiger partial charge in [-0.1, -0.05) is 50.2 Å². The van der Waals surface area contributed by atoms with Crippen LogP contribution in [0.25, 0.3) is 0 Å². The Morgan fingerprint density at radius 3 is 2.44 bits per heavy atom. The maximum absolute atomic E-state index is 14.4. The fourth-order valence-corrected chi connectivity index (χ4v) is 9.48. The highest BCUT2D eigenvalue weighted by Crippen LogP contribution is 2.39. The number of nitrogens with one attached hydrogen (secondary N) is 1. The predicted molar refractivity (Wildman–Crippen MR) is 235 cm³/mol. The number of methoxy groups -OCH3 is 1. The average Bonchev–Trinajstić information content (AvgIpc) is 3.73. The molecule has 0 aliphatic carbocycles. The van der Waals surface area contributed by atoms with Gasteiger partial charge >= 0.3 is 5.97 Å². The molecule has 3 fully saturated rings. The third kappa shape index (κ3) is 12.1. The summed E-state index contributed by atoms with van der Waals surface area (Å²) in [6.07, 6.45) is -1.78. The standard InChI is InChI=1S/C45H71N7O12/c1-11-36-45(8,57)40(55)28(4)37(48-64-34-13-12-19-46-23-34)26(2)22-44(7,60-10)41(29(5)38(53)30(6)42(56)62-36)63-43-39(54)35(21-27(3)61-43)50(9)20-18-32-25-51(49-47-32)24-31-14-16-33(17-15-31)52(58)59/h14-17,25-30,34-36,39-41,43,46,54-55,57H,11-13,18-24H2,1-10H3/t26-,27-,28+,29+,30-,34-,35+,36-,39-,40-,41-,43+,44-,45-/m1/s1. The van der Waals surface area contributed by atoms with Gasteiger partial charge in [0.15, 0.2) is 12.1 Å². The molecule has 1 aromatic heterocycles. The van der Waals surface area contributed by atoms with Crippen LogP contribution in [0.2, 0.25) is 0 Å². The third-order valence-electron chi connectivity index (χ3n) is 13.6. The van der Waals surface area contributed by atoms with Crippen LogP contribution in [0.4, 0.5) is 5.69 Å². The van der Waals surface area contributed by atoms with Crippen molar-refractivity contribution in [2.75, 3.05) is 33.8 Å². The third-order valence-corrected chi connectivity index (χ3v) is 13.6. The summed E-state index contributed by atoms with van der Waals surface area (Å²) in [5.74, 6) is -4.88. The number of benzene rings is 1. The predicted octanol–water partition coefficient (Wildman–Crippen LogP) is 3.44. The van der Waals surface area contributed by atoms with Crippen molar-refractivity contribution in [1.29, 1.82) is 0 Å². The SMILES string of the molecule is CC[C@H]1OC(=O)[C@H](C)C(=O)[C@H](C)[C@@H](O[C@@H]2O[C@H](C)C[C@H](N(C)CCc3cn(Cc4ccc([N+](=O)[O-])cc4)nn3)[C@H]2O)[C@](C)(OC)C[C@@H](C)C(=NO[C@@H]2CCCNC2)[C@H](C)[C@@H](O)[C@]1(C)O. The Hall–Kier alpha value is -3.95. The first-order valence-corrected chi connectivity index (χ1v) is 22.7. The van der Waals surface area contributed by atoms with Crippen LogP contribution in [0.5, 0.6) is 0 Å². The zero-order valence-corrected chi connectivity index (χ0v) is 39.1. The molecule has 3 saturated heterocycles. The summed E-state index contributed by atoms with van der Waals surface area (Å²) in [4.78, 5) is 46.9. The van der Waals surface area contributed by atoms with Crippen LogP contribution in [0.1, 0.15) is 98.8 Å². The minimum absolute atomic E-state index is 0.0116. The van der Waals surface area contributed by atoms with Crippen molar-refractivity contribution in [2.45, 2.75) is 161 Å². The Morgan fingerprint density at radius 2 is 1.81 bits per heavy atom. The minimum Gasteiger partial charge on any atom is -0.459 e. The van der Waals surface area contributed by atoms with E-state index in [-0.39, 0.29) is 30.7 Å². The molecule has 0 spiro atoms. The molecule has 358 valence electrons. The zero-order chi connectivity index (χ0) is 47.1. The number of nitrogens with zero attached hydrogens (tertiary/aromatic N) is 6. The molecule has 4 N–H and O–H groups in total. The first-order valence-electron chi connectivity index (χ1n) is 22.7. The molecule has 2 aromatic rings. The van der Waals surface area contributed by atoms with Crippen molar-refractivity contribution in [3.8, 4) is 0 Å². The second kappa shape index (κ2) is 22.0. The number of cyclic esters (lactones) is 1. The van der Waals surface area contributed by atoms with E-state index in [1.807, 2.05) is 32.0 Å². The first kappa shape index (κ1) is 51.0. The van der Waals surface area contributed by atoms with Crippen molar-refractivity contribution in [1.82, 2.24) is 25.2 Å². The van der Waals surface area contributed by atoms with E-state index in [9.17, 15) is 35.0 Å². The van der Waals surface area contributed by atoms with Crippen molar-refractivity contribution >= 4 is 23.2 Å². The van der Waals surface area contributed by atoms with Crippen molar-refractivity contribution in [2.24, 2.45) is 28.8 Å². The first-order chi connectivity index (χ1) is 30.2. The van der Waals surface area contributed by atoms with Crippen molar-refractivity contribution < 1.29 is 53.6 Å². The molecule has 0 bridgehead atoms. The second-order valence-electron chi connectivity index (χ2n) is 18.6. The zero-order valence-electron chi connectivity index (χ0n) is 39.1. The number of aliphatic hydroxyl groups is 3. The Labute approximate surface area is 376 Å². The van der Waals surface area contributed by atoms with Crippen molar-refractivity contribution in [3.05, 3.63) is 51.8 Å². The lowest BCUT2D eigenvalue weighted by molar-refractivity contribution is -0.384. The lowest BCUT2D eigenvalue weighted by Crippen LogP contribution is -2.60. The molecule has 1 aromatic carbocycles. The fraction of sp³-hybridized carbons (Fsp3) is 0.756. The van der Waals surface area contributed by atoms with E-state index in [2.05, 4.69) is 20.8 Å². The number of carbonyl (C=O) groups excluding carboxylic acids is 2. The normalized spacial score (nSPS) is 36.7. The summed E-state index contributed by atoms with van der Waals surface area (Å²) in [6, 6.07) is 5.84. The number of hydrogen-bond acceptors (Lipinski definition) is 17. The highest BCUT2D eigenvalue weighted by atomic mass is 16.7. The van der Waals surface area contributed by atoms with Gasteiger partial charge in [0.1, 0.15) is 29.8 Å². The molecule has 19 heteroatoms. The fourth-order valence-electron chi connectivity index (χ4n) is 9.48. The molecule has 0 saturated carbocycles. The summed E-state index contributed by atoms with van der Waals surface area (Å²) >= 11 is 0. The van der Waals surface area contributed by atoms with Crippen LogP contribution in [0.15, 0.2) is 35.6 Å². The van der Waals surface area contributed by atoms with E-state index in [0.717, 1.165) is 30.6 Å². The van der Waals surface area contributed by atoms with Gasteiger partial charge in [-0.3, -0.25) is 19.7 Å². The number of nitro groups is 1. The van der Waals surface area contributed by atoms with Gasteiger partial charge in [0.25, 0.3) is 5.69 Å². The van der Waals surface area contributed by atoms with Gasteiger partial charge < -0.3 is 49.3 Å². The van der Waals surface area contributed by atoms with E-state index in [4.69, 9.17) is 23.8 Å². The van der Waals surface area contributed by atoms with Gasteiger partial charge in [-0.15, -0.1) is 5.10 Å². The van der Waals surface area contributed by atoms with Gasteiger partial charge in [0, 0.05) is 68.7 Å². The van der Waals surface area contributed by atoms with Gasteiger partial charge in [-0.2, -0.15) is 0 Å². The van der Waals surface area contributed by atoms with E-state index in [1.165, 1.54) is 33.1 Å². The average molecular weight is 902 g/mol. The van der Waals surface area contributed by atoms with Gasteiger partial charge in [0.2, 0.25) is 0 Å². The molecule has 3 aliphatic rings. The van der Waals surface area contributed by atoms with E-state index in [0.29, 0.717) is 38.2 Å². The largest absolute Gasteiger partial charge is 0.459 e. The summed E-state index contributed by atoms with van der Waals surface area (Å²) in [5.41, 5.74) is -1.18.